The Morgan fingerprint density at radius 2 is 2.00 bits per heavy atom. The van der Waals surface area contributed by atoms with Gasteiger partial charge in [0.1, 0.15) is 0 Å². The fraction of sp³-hybridized carbons (Fsp3) is 0.824. The number of hydrogen-bond acceptors (Lipinski definition) is 3. The number of nitrogens with one attached hydrogen (secondary N) is 1. The van der Waals surface area contributed by atoms with E-state index < -0.39 is 0 Å². The van der Waals surface area contributed by atoms with Crippen LogP contribution in [0.25, 0.3) is 0 Å². The maximum atomic E-state index is 6.38. The SMILES string of the molecule is CCCNC(c1ccnn1C)C1(OCC)CCCCCC1. The van der Waals surface area contributed by atoms with Gasteiger partial charge in [0.25, 0.3) is 0 Å². The second-order valence-electron chi connectivity index (χ2n) is 6.18. The lowest BCUT2D eigenvalue weighted by Gasteiger charge is -2.40. The summed E-state index contributed by atoms with van der Waals surface area (Å²) in [5, 5.41) is 8.13. The van der Waals surface area contributed by atoms with Gasteiger partial charge in [-0.05, 0) is 38.8 Å². The summed E-state index contributed by atoms with van der Waals surface area (Å²) in [5.41, 5.74) is 1.17. The van der Waals surface area contributed by atoms with E-state index in [1.807, 2.05) is 17.9 Å². The summed E-state index contributed by atoms with van der Waals surface area (Å²) in [6.45, 7) is 6.13. The van der Waals surface area contributed by atoms with E-state index in [1.165, 1.54) is 31.4 Å². The van der Waals surface area contributed by atoms with E-state index in [0.717, 1.165) is 32.4 Å². The van der Waals surface area contributed by atoms with Crippen LogP contribution in [0.2, 0.25) is 0 Å². The van der Waals surface area contributed by atoms with Crippen LogP contribution in [0, 0.1) is 0 Å². The van der Waals surface area contributed by atoms with Crippen LogP contribution < -0.4 is 5.32 Å². The van der Waals surface area contributed by atoms with Crippen molar-refractivity contribution < 1.29 is 4.74 Å². The van der Waals surface area contributed by atoms with Crippen molar-refractivity contribution >= 4 is 0 Å². The van der Waals surface area contributed by atoms with Gasteiger partial charge in [-0.2, -0.15) is 5.10 Å². The van der Waals surface area contributed by atoms with E-state index in [9.17, 15) is 0 Å². The molecule has 0 amide bonds. The fourth-order valence-corrected chi connectivity index (χ4v) is 3.65. The van der Waals surface area contributed by atoms with Gasteiger partial charge < -0.3 is 10.1 Å². The van der Waals surface area contributed by atoms with Crippen LogP contribution in [0.3, 0.4) is 0 Å². The van der Waals surface area contributed by atoms with E-state index in [2.05, 4.69) is 30.3 Å². The quantitative estimate of drug-likeness (QED) is 0.781. The van der Waals surface area contributed by atoms with E-state index in [-0.39, 0.29) is 11.6 Å². The maximum absolute atomic E-state index is 6.38. The molecule has 4 nitrogen and oxygen atoms in total. The molecule has 120 valence electrons. The van der Waals surface area contributed by atoms with E-state index in [1.54, 1.807) is 0 Å². The van der Waals surface area contributed by atoms with Crippen molar-refractivity contribution in [3.8, 4) is 0 Å². The minimum Gasteiger partial charge on any atom is -0.373 e. The zero-order valence-electron chi connectivity index (χ0n) is 13.9. The molecule has 0 aliphatic heterocycles. The second kappa shape index (κ2) is 7.95. The van der Waals surface area contributed by atoms with Gasteiger partial charge in [-0.3, -0.25) is 4.68 Å². The molecule has 0 aromatic carbocycles. The lowest BCUT2D eigenvalue weighted by Crippen LogP contribution is -2.47. The number of rotatable bonds is 7. The first-order valence-electron chi connectivity index (χ1n) is 8.58. The molecule has 1 aromatic heterocycles. The van der Waals surface area contributed by atoms with Crippen LogP contribution in [0.1, 0.15) is 70.5 Å². The summed E-state index contributed by atoms with van der Waals surface area (Å²) < 4.78 is 8.38. The van der Waals surface area contributed by atoms with Gasteiger partial charge in [0.15, 0.2) is 0 Å². The molecule has 1 aliphatic carbocycles. The van der Waals surface area contributed by atoms with Gasteiger partial charge in [-0.15, -0.1) is 0 Å². The molecule has 1 N–H and O–H groups in total. The first-order chi connectivity index (χ1) is 10.2. The van der Waals surface area contributed by atoms with Gasteiger partial charge >= 0.3 is 0 Å². The van der Waals surface area contributed by atoms with Gasteiger partial charge in [0.2, 0.25) is 0 Å². The van der Waals surface area contributed by atoms with Gasteiger partial charge in [-0.1, -0.05) is 32.6 Å². The van der Waals surface area contributed by atoms with Crippen molar-refractivity contribution in [3.05, 3.63) is 18.0 Å². The number of aryl methyl sites for hydroxylation is 1. The van der Waals surface area contributed by atoms with E-state index >= 15 is 0 Å². The Balaban J connectivity index is 2.31. The molecule has 21 heavy (non-hydrogen) atoms. The predicted molar refractivity (Wildman–Crippen MR) is 86.3 cm³/mol. The lowest BCUT2D eigenvalue weighted by molar-refractivity contribution is -0.0797. The average Bonchev–Trinajstić information content (AvgIpc) is 2.75. The number of ether oxygens (including phenoxy) is 1. The van der Waals surface area contributed by atoms with E-state index in [0.29, 0.717) is 0 Å². The lowest BCUT2D eigenvalue weighted by atomic mass is 9.84. The molecule has 1 fully saturated rings. The summed E-state index contributed by atoms with van der Waals surface area (Å²) in [7, 11) is 2.03. The Morgan fingerprint density at radius 1 is 1.29 bits per heavy atom. The minimum absolute atomic E-state index is 0.0752. The Hall–Kier alpha value is -0.870. The fourth-order valence-electron chi connectivity index (χ4n) is 3.65. The summed E-state index contributed by atoms with van der Waals surface area (Å²) >= 11 is 0. The zero-order valence-corrected chi connectivity index (χ0v) is 13.9. The van der Waals surface area contributed by atoms with Crippen molar-refractivity contribution in [2.45, 2.75) is 70.4 Å². The number of aromatic nitrogens is 2. The third kappa shape index (κ3) is 3.86. The molecule has 1 saturated carbocycles. The molecule has 1 aromatic rings. The average molecular weight is 293 g/mol. The first kappa shape index (κ1) is 16.5. The topological polar surface area (TPSA) is 39.1 Å². The molecule has 1 unspecified atom stereocenters. The Bertz CT molecular complexity index is 408. The Kier molecular flexibility index (Phi) is 6.24. The molecule has 1 atom stereocenters. The van der Waals surface area contributed by atoms with Crippen molar-refractivity contribution in [1.29, 1.82) is 0 Å². The predicted octanol–water partition coefficient (Wildman–Crippen LogP) is 3.59. The highest BCUT2D eigenvalue weighted by molar-refractivity contribution is 5.14. The van der Waals surface area contributed by atoms with Crippen molar-refractivity contribution in [1.82, 2.24) is 15.1 Å². The van der Waals surface area contributed by atoms with Crippen molar-refractivity contribution in [3.63, 3.8) is 0 Å². The number of hydrogen-bond donors (Lipinski definition) is 1. The monoisotopic (exact) mass is 293 g/mol. The largest absolute Gasteiger partial charge is 0.373 e. The highest BCUT2D eigenvalue weighted by Crippen LogP contribution is 2.40. The minimum atomic E-state index is -0.0752. The first-order valence-corrected chi connectivity index (χ1v) is 8.58. The maximum Gasteiger partial charge on any atom is 0.0891 e. The Labute approximate surface area is 129 Å². The molecule has 0 saturated heterocycles. The van der Waals surface area contributed by atoms with Crippen LogP contribution in [0.15, 0.2) is 12.3 Å². The number of nitrogens with zero attached hydrogens (tertiary/aromatic N) is 2. The van der Waals surface area contributed by atoms with Crippen LogP contribution in [-0.2, 0) is 11.8 Å². The molecule has 0 spiro atoms. The second-order valence-corrected chi connectivity index (χ2v) is 6.18. The third-order valence-corrected chi connectivity index (χ3v) is 4.66. The molecular formula is C17H31N3O. The Morgan fingerprint density at radius 3 is 2.52 bits per heavy atom. The van der Waals surface area contributed by atoms with Crippen LogP contribution in [0.5, 0.6) is 0 Å². The summed E-state index contributed by atoms with van der Waals surface area (Å²) in [4.78, 5) is 0. The molecule has 2 rings (SSSR count). The smallest absolute Gasteiger partial charge is 0.0891 e. The standard InChI is InChI=1S/C17H31N3O/c1-4-13-18-16(15-10-14-19-20(15)3)17(21-5-2)11-8-6-7-9-12-17/h10,14,16,18H,4-9,11-13H2,1-3H3. The normalized spacial score (nSPS) is 20.1. The van der Waals surface area contributed by atoms with E-state index in [4.69, 9.17) is 4.74 Å². The molecule has 1 heterocycles. The highest BCUT2D eigenvalue weighted by Gasteiger charge is 2.41. The molecule has 1 aliphatic rings. The third-order valence-electron chi connectivity index (χ3n) is 4.66. The van der Waals surface area contributed by atoms with Crippen molar-refractivity contribution in [2.75, 3.05) is 13.2 Å². The van der Waals surface area contributed by atoms with Crippen LogP contribution in [0.4, 0.5) is 0 Å². The molecule has 0 radical (unpaired) electrons. The summed E-state index contributed by atoms with van der Waals surface area (Å²) in [6, 6.07) is 2.38. The van der Waals surface area contributed by atoms with Gasteiger partial charge in [0.05, 0.1) is 17.3 Å². The van der Waals surface area contributed by atoms with Crippen LogP contribution in [-0.4, -0.2) is 28.5 Å². The molecule has 0 bridgehead atoms. The van der Waals surface area contributed by atoms with Crippen LogP contribution >= 0.6 is 0 Å². The summed E-state index contributed by atoms with van der Waals surface area (Å²) in [6.07, 6.45) is 10.5. The molecular weight excluding hydrogens is 262 g/mol. The van der Waals surface area contributed by atoms with Gasteiger partial charge in [0, 0.05) is 19.9 Å². The summed E-state index contributed by atoms with van der Waals surface area (Å²) in [5.74, 6) is 0. The van der Waals surface area contributed by atoms with Gasteiger partial charge in [-0.25, -0.2) is 0 Å². The molecule has 4 heteroatoms. The highest BCUT2D eigenvalue weighted by atomic mass is 16.5. The van der Waals surface area contributed by atoms with Crippen molar-refractivity contribution in [2.24, 2.45) is 7.05 Å². The zero-order chi connectivity index (χ0) is 15.1.